The third kappa shape index (κ3) is 1.58. The molecule has 14 heavy (non-hydrogen) atoms. The van der Waals surface area contributed by atoms with Gasteiger partial charge in [-0.3, -0.25) is 0 Å². The molecule has 0 spiro atoms. The molecule has 0 amide bonds. The van der Waals surface area contributed by atoms with Crippen LogP contribution in [-0.4, -0.2) is 24.3 Å². The quantitative estimate of drug-likeness (QED) is 0.599. The Morgan fingerprint density at radius 1 is 0.929 bits per heavy atom. The summed E-state index contributed by atoms with van der Waals surface area (Å²) in [6, 6.07) is 0. The van der Waals surface area contributed by atoms with Gasteiger partial charge in [-0.1, -0.05) is 13.8 Å². The highest BCUT2D eigenvalue weighted by Gasteiger charge is 2.50. The first-order valence-corrected chi connectivity index (χ1v) is 5.42. The largest absolute Gasteiger partial charge is 0.347 e. The molecular weight excluding hydrogens is 180 g/mol. The number of hydrogen-bond donors (Lipinski definition) is 0. The second kappa shape index (κ2) is 3.19. The van der Waals surface area contributed by atoms with Crippen molar-refractivity contribution >= 4 is 0 Å². The predicted molar refractivity (Wildman–Crippen MR) is 52.7 cm³/mol. The van der Waals surface area contributed by atoms with E-state index in [4.69, 9.17) is 14.2 Å². The lowest BCUT2D eigenvalue weighted by Crippen LogP contribution is -2.46. The summed E-state index contributed by atoms with van der Waals surface area (Å²) in [5.74, 6) is 0.521. The van der Waals surface area contributed by atoms with Crippen LogP contribution in [0, 0.1) is 11.8 Å². The molecule has 0 N–H and O–H groups in total. The van der Waals surface area contributed by atoms with Crippen LogP contribution in [-0.2, 0) is 14.2 Å². The van der Waals surface area contributed by atoms with Gasteiger partial charge in [-0.05, 0) is 32.6 Å². The summed E-state index contributed by atoms with van der Waals surface area (Å²) in [5.41, 5.74) is 0. The molecule has 2 unspecified atom stereocenters. The van der Waals surface area contributed by atoms with Crippen LogP contribution in [0.15, 0.2) is 0 Å². The smallest absolute Gasteiger partial charge is 0.187 e. The van der Waals surface area contributed by atoms with Gasteiger partial charge in [0, 0.05) is 0 Å². The van der Waals surface area contributed by atoms with Gasteiger partial charge in [-0.2, -0.15) is 0 Å². The zero-order chi connectivity index (χ0) is 10.5. The molecule has 2 aliphatic rings. The average molecular weight is 200 g/mol. The van der Waals surface area contributed by atoms with Crippen LogP contribution < -0.4 is 0 Å². The second-order valence-electron chi connectivity index (χ2n) is 5.03. The first kappa shape index (κ1) is 10.4. The Hall–Kier alpha value is -0.120. The maximum Gasteiger partial charge on any atom is 0.187 e. The molecule has 0 saturated carbocycles. The molecule has 2 rings (SSSR count). The fourth-order valence-electron chi connectivity index (χ4n) is 2.28. The predicted octanol–water partition coefficient (Wildman–Crippen LogP) is 2.15. The van der Waals surface area contributed by atoms with E-state index in [0.717, 1.165) is 0 Å². The van der Waals surface area contributed by atoms with Crippen LogP contribution in [0.4, 0.5) is 0 Å². The molecule has 0 aromatic heterocycles. The SMILES string of the molecule is CC1O[C@@H]2OC(C)(C)OC2[C@@H](C)[C@H]1C. The van der Waals surface area contributed by atoms with Crippen molar-refractivity contribution in [2.45, 2.75) is 58.9 Å². The monoisotopic (exact) mass is 200 g/mol. The minimum absolute atomic E-state index is 0.0937. The third-order valence-electron chi connectivity index (χ3n) is 3.52. The van der Waals surface area contributed by atoms with E-state index in [-0.39, 0.29) is 18.5 Å². The molecule has 2 fully saturated rings. The molecule has 2 saturated heterocycles. The summed E-state index contributed by atoms with van der Waals surface area (Å²) in [6.45, 7) is 10.4. The minimum atomic E-state index is -0.493. The van der Waals surface area contributed by atoms with E-state index in [9.17, 15) is 0 Å². The van der Waals surface area contributed by atoms with E-state index < -0.39 is 5.79 Å². The zero-order valence-electron chi connectivity index (χ0n) is 9.61. The highest BCUT2D eigenvalue weighted by atomic mass is 16.8. The maximum atomic E-state index is 5.84. The summed E-state index contributed by atoms with van der Waals surface area (Å²) in [4.78, 5) is 0. The average Bonchev–Trinajstić information content (AvgIpc) is 2.37. The Kier molecular flexibility index (Phi) is 2.37. The number of hydrogen-bond acceptors (Lipinski definition) is 3. The molecule has 0 aromatic carbocycles. The van der Waals surface area contributed by atoms with Crippen LogP contribution in [0.2, 0.25) is 0 Å². The molecule has 0 radical (unpaired) electrons. The number of ether oxygens (including phenoxy) is 3. The Labute approximate surface area is 85.7 Å². The topological polar surface area (TPSA) is 27.7 Å². The summed E-state index contributed by atoms with van der Waals surface area (Å²) < 4.78 is 17.3. The van der Waals surface area contributed by atoms with E-state index in [1.165, 1.54) is 0 Å². The van der Waals surface area contributed by atoms with Gasteiger partial charge in [0.25, 0.3) is 0 Å². The fourth-order valence-corrected chi connectivity index (χ4v) is 2.28. The lowest BCUT2D eigenvalue weighted by molar-refractivity contribution is -0.220. The summed E-state index contributed by atoms with van der Waals surface area (Å²) in [6.07, 6.45) is 0.172. The molecule has 0 bridgehead atoms. The van der Waals surface area contributed by atoms with Crippen molar-refractivity contribution in [1.29, 1.82) is 0 Å². The molecule has 3 heteroatoms. The fraction of sp³-hybridized carbons (Fsp3) is 1.00. The van der Waals surface area contributed by atoms with Crippen molar-refractivity contribution in [3.05, 3.63) is 0 Å². The first-order chi connectivity index (χ1) is 6.41. The van der Waals surface area contributed by atoms with Crippen LogP contribution in [0.25, 0.3) is 0 Å². The lowest BCUT2D eigenvalue weighted by Gasteiger charge is -2.38. The van der Waals surface area contributed by atoms with Gasteiger partial charge < -0.3 is 14.2 Å². The molecule has 2 aliphatic heterocycles. The van der Waals surface area contributed by atoms with Crippen molar-refractivity contribution in [2.24, 2.45) is 11.8 Å². The van der Waals surface area contributed by atoms with Crippen molar-refractivity contribution in [2.75, 3.05) is 0 Å². The Morgan fingerprint density at radius 3 is 2.21 bits per heavy atom. The van der Waals surface area contributed by atoms with E-state index in [0.29, 0.717) is 11.8 Å². The van der Waals surface area contributed by atoms with E-state index in [2.05, 4.69) is 20.8 Å². The van der Waals surface area contributed by atoms with Gasteiger partial charge in [-0.15, -0.1) is 0 Å². The molecule has 82 valence electrons. The lowest BCUT2D eigenvalue weighted by atomic mass is 9.84. The van der Waals surface area contributed by atoms with Gasteiger partial charge in [-0.25, -0.2) is 0 Å². The highest BCUT2D eigenvalue weighted by molar-refractivity contribution is 4.88. The standard InChI is InChI=1S/C11H20O3/c1-6-7(2)9-10(12-8(6)3)14-11(4,5)13-9/h6-10H,1-5H3/t6-,7+,8?,9?,10-/m1/s1. The van der Waals surface area contributed by atoms with Crippen LogP contribution in [0.5, 0.6) is 0 Å². The third-order valence-corrected chi connectivity index (χ3v) is 3.52. The van der Waals surface area contributed by atoms with Crippen LogP contribution in [0.1, 0.15) is 34.6 Å². The van der Waals surface area contributed by atoms with Crippen molar-refractivity contribution < 1.29 is 14.2 Å². The van der Waals surface area contributed by atoms with Gasteiger partial charge in [0.1, 0.15) is 6.10 Å². The molecule has 0 aromatic rings. The highest BCUT2D eigenvalue weighted by Crippen LogP contribution is 2.41. The zero-order valence-corrected chi connectivity index (χ0v) is 9.61. The van der Waals surface area contributed by atoms with E-state index in [1.807, 2.05) is 13.8 Å². The van der Waals surface area contributed by atoms with Gasteiger partial charge in [0.05, 0.1) is 6.10 Å². The van der Waals surface area contributed by atoms with Crippen molar-refractivity contribution in [3.8, 4) is 0 Å². The second-order valence-corrected chi connectivity index (χ2v) is 5.03. The van der Waals surface area contributed by atoms with Crippen molar-refractivity contribution in [3.63, 3.8) is 0 Å². The van der Waals surface area contributed by atoms with Crippen LogP contribution >= 0.6 is 0 Å². The summed E-state index contributed by atoms with van der Waals surface area (Å²) >= 11 is 0. The number of rotatable bonds is 0. The van der Waals surface area contributed by atoms with E-state index >= 15 is 0 Å². The number of fused-ring (bicyclic) bond motifs is 1. The molecule has 5 atom stereocenters. The van der Waals surface area contributed by atoms with Gasteiger partial charge >= 0.3 is 0 Å². The maximum absolute atomic E-state index is 5.84. The molecule has 2 heterocycles. The van der Waals surface area contributed by atoms with Gasteiger partial charge in [0.2, 0.25) is 0 Å². The van der Waals surface area contributed by atoms with Gasteiger partial charge in [0.15, 0.2) is 12.1 Å². The van der Waals surface area contributed by atoms with Crippen molar-refractivity contribution in [1.82, 2.24) is 0 Å². The Balaban J connectivity index is 2.15. The normalized spacial score (nSPS) is 51.6. The first-order valence-electron chi connectivity index (χ1n) is 5.42. The molecule has 3 nitrogen and oxygen atoms in total. The Morgan fingerprint density at radius 2 is 1.57 bits per heavy atom. The summed E-state index contributed by atoms with van der Waals surface area (Å²) in [5, 5.41) is 0. The Bertz CT molecular complexity index is 227. The summed E-state index contributed by atoms with van der Waals surface area (Å²) in [7, 11) is 0. The minimum Gasteiger partial charge on any atom is -0.347 e. The molecular formula is C11H20O3. The van der Waals surface area contributed by atoms with E-state index in [1.54, 1.807) is 0 Å². The molecule has 0 aliphatic carbocycles. The van der Waals surface area contributed by atoms with Crippen LogP contribution in [0.3, 0.4) is 0 Å².